The summed E-state index contributed by atoms with van der Waals surface area (Å²) in [7, 11) is 0. The number of carbonyl (C=O) groups excluding carboxylic acids is 2. The summed E-state index contributed by atoms with van der Waals surface area (Å²) in [5.41, 5.74) is 0.00299. The molecule has 0 heterocycles. The number of fused-ring (bicyclic) bond motifs is 5. The van der Waals surface area contributed by atoms with E-state index in [1.54, 1.807) is 0 Å². The van der Waals surface area contributed by atoms with E-state index in [9.17, 15) is 14.7 Å². The molecule has 0 saturated heterocycles. The highest BCUT2D eigenvalue weighted by atomic mass is 16.3. The molecule has 0 bridgehead atoms. The molecule has 4 rings (SSSR count). The van der Waals surface area contributed by atoms with E-state index < -0.39 is 6.10 Å². The lowest BCUT2D eigenvalue weighted by molar-refractivity contribution is -0.145. The summed E-state index contributed by atoms with van der Waals surface area (Å²) < 4.78 is 0. The molecule has 22 heavy (non-hydrogen) atoms. The van der Waals surface area contributed by atoms with Crippen molar-refractivity contribution in [2.75, 3.05) is 0 Å². The lowest BCUT2D eigenvalue weighted by atomic mass is 9.45. The van der Waals surface area contributed by atoms with E-state index in [2.05, 4.69) is 13.8 Å². The normalized spacial score (nSPS) is 54.6. The van der Waals surface area contributed by atoms with Crippen LogP contribution in [-0.4, -0.2) is 22.8 Å². The van der Waals surface area contributed by atoms with Crippen LogP contribution in [0.5, 0.6) is 0 Å². The molecular weight excluding hydrogens is 276 g/mol. The first-order chi connectivity index (χ1) is 10.4. The molecule has 0 aromatic carbocycles. The molecule has 0 unspecified atom stereocenters. The second-order valence-electron chi connectivity index (χ2n) is 8.97. The summed E-state index contributed by atoms with van der Waals surface area (Å²) in [6.07, 6.45) is 6.85. The van der Waals surface area contributed by atoms with Crippen LogP contribution in [0.1, 0.15) is 65.2 Å². The van der Waals surface area contributed by atoms with Gasteiger partial charge in [-0.2, -0.15) is 0 Å². The maximum Gasteiger partial charge on any atom is 0.167 e. The third-order valence-electron chi connectivity index (χ3n) is 8.21. The van der Waals surface area contributed by atoms with Crippen molar-refractivity contribution in [3.8, 4) is 0 Å². The van der Waals surface area contributed by atoms with Gasteiger partial charge in [0.05, 0.1) is 0 Å². The van der Waals surface area contributed by atoms with E-state index in [-0.39, 0.29) is 16.6 Å². The summed E-state index contributed by atoms with van der Waals surface area (Å²) in [6.45, 7) is 4.52. The fourth-order valence-electron chi connectivity index (χ4n) is 6.83. The second-order valence-corrected chi connectivity index (χ2v) is 8.97. The van der Waals surface area contributed by atoms with Gasteiger partial charge in [-0.05, 0) is 67.6 Å². The highest BCUT2D eigenvalue weighted by Crippen LogP contribution is 2.65. The molecule has 4 fully saturated rings. The van der Waals surface area contributed by atoms with E-state index in [1.165, 1.54) is 0 Å². The van der Waals surface area contributed by atoms with Crippen molar-refractivity contribution in [2.45, 2.75) is 71.3 Å². The van der Waals surface area contributed by atoms with Crippen molar-refractivity contribution in [1.82, 2.24) is 0 Å². The van der Waals surface area contributed by atoms with Gasteiger partial charge in [-0.1, -0.05) is 13.8 Å². The quantitative estimate of drug-likeness (QED) is 0.748. The molecule has 122 valence electrons. The van der Waals surface area contributed by atoms with Crippen LogP contribution in [0.4, 0.5) is 0 Å². The lowest BCUT2D eigenvalue weighted by Gasteiger charge is -2.59. The number of hydrogen-bond acceptors (Lipinski definition) is 3. The Morgan fingerprint density at radius 2 is 1.82 bits per heavy atom. The number of carbonyl (C=O) groups is 2. The van der Waals surface area contributed by atoms with E-state index in [0.717, 1.165) is 44.9 Å². The third-order valence-corrected chi connectivity index (χ3v) is 8.21. The molecule has 0 amide bonds. The average molecular weight is 304 g/mol. The van der Waals surface area contributed by atoms with E-state index in [4.69, 9.17) is 0 Å². The van der Waals surface area contributed by atoms with Crippen LogP contribution in [0.15, 0.2) is 0 Å². The predicted octanol–water partition coefficient (Wildman–Crippen LogP) is 3.14. The number of aliphatic hydroxyl groups is 1. The van der Waals surface area contributed by atoms with Crippen LogP contribution in [0, 0.1) is 34.5 Å². The molecule has 0 spiro atoms. The predicted molar refractivity (Wildman–Crippen MR) is 83.1 cm³/mol. The molecular formula is C19H28O3. The number of ketones is 2. The fraction of sp³-hybridized carbons (Fsp3) is 0.895. The first kappa shape index (κ1) is 14.9. The van der Waals surface area contributed by atoms with Crippen LogP contribution in [-0.2, 0) is 9.59 Å². The maximum atomic E-state index is 12.4. The summed E-state index contributed by atoms with van der Waals surface area (Å²) in [4.78, 5) is 24.3. The van der Waals surface area contributed by atoms with Crippen LogP contribution < -0.4 is 0 Å². The molecule has 0 aromatic rings. The van der Waals surface area contributed by atoms with Crippen LogP contribution in [0.3, 0.4) is 0 Å². The van der Waals surface area contributed by atoms with Gasteiger partial charge in [-0.3, -0.25) is 9.59 Å². The van der Waals surface area contributed by atoms with Gasteiger partial charge >= 0.3 is 0 Å². The lowest BCUT2D eigenvalue weighted by Crippen LogP contribution is -2.53. The van der Waals surface area contributed by atoms with E-state index in [0.29, 0.717) is 35.9 Å². The molecule has 0 radical (unpaired) electrons. The molecule has 1 N–H and O–H groups in total. The van der Waals surface area contributed by atoms with Crippen LogP contribution >= 0.6 is 0 Å². The molecule has 0 aromatic heterocycles. The van der Waals surface area contributed by atoms with Gasteiger partial charge in [0.15, 0.2) is 5.78 Å². The van der Waals surface area contributed by atoms with Crippen LogP contribution in [0.2, 0.25) is 0 Å². The molecule has 4 aliphatic carbocycles. The fourth-order valence-corrected chi connectivity index (χ4v) is 6.83. The minimum atomic E-state index is -0.729. The van der Waals surface area contributed by atoms with E-state index in [1.807, 2.05) is 0 Å². The Morgan fingerprint density at radius 1 is 1.05 bits per heavy atom. The van der Waals surface area contributed by atoms with Crippen molar-refractivity contribution in [2.24, 2.45) is 34.5 Å². The Hall–Kier alpha value is -0.700. The molecule has 3 nitrogen and oxygen atoms in total. The van der Waals surface area contributed by atoms with E-state index >= 15 is 0 Å². The molecule has 4 aliphatic rings. The third kappa shape index (κ3) is 1.78. The highest BCUT2D eigenvalue weighted by molar-refractivity contribution is 5.91. The zero-order valence-corrected chi connectivity index (χ0v) is 13.8. The Balaban J connectivity index is 1.66. The van der Waals surface area contributed by atoms with Crippen molar-refractivity contribution in [3.63, 3.8) is 0 Å². The van der Waals surface area contributed by atoms with Gasteiger partial charge in [0.25, 0.3) is 0 Å². The topological polar surface area (TPSA) is 54.4 Å². The monoisotopic (exact) mass is 304 g/mol. The zero-order chi connectivity index (χ0) is 15.7. The number of aliphatic hydroxyl groups excluding tert-OH is 1. The first-order valence-corrected chi connectivity index (χ1v) is 9.10. The van der Waals surface area contributed by atoms with Crippen molar-refractivity contribution in [1.29, 1.82) is 0 Å². The van der Waals surface area contributed by atoms with Gasteiger partial charge in [0.2, 0.25) is 0 Å². The van der Waals surface area contributed by atoms with Gasteiger partial charge in [0.1, 0.15) is 11.9 Å². The molecule has 0 aliphatic heterocycles. The minimum Gasteiger partial charge on any atom is -0.385 e. The van der Waals surface area contributed by atoms with Crippen LogP contribution in [0.25, 0.3) is 0 Å². The van der Waals surface area contributed by atoms with Crippen molar-refractivity contribution in [3.05, 3.63) is 0 Å². The Kier molecular flexibility index (Phi) is 3.15. The number of hydrogen-bond donors (Lipinski definition) is 1. The largest absolute Gasteiger partial charge is 0.385 e. The van der Waals surface area contributed by atoms with Crippen molar-refractivity contribution >= 4 is 11.6 Å². The van der Waals surface area contributed by atoms with Gasteiger partial charge in [-0.15, -0.1) is 0 Å². The summed E-state index contributed by atoms with van der Waals surface area (Å²) in [6, 6.07) is 0. The molecule has 3 heteroatoms. The average Bonchev–Trinajstić information content (AvgIpc) is 2.72. The Morgan fingerprint density at radius 3 is 2.59 bits per heavy atom. The maximum absolute atomic E-state index is 12.4. The Labute approximate surface area is 132 Å². The smallest absolute Gasteiger partial charge is 0.167 e. The minimum absolute atomic E-state index is 0.0991. The molecule has 4 saturated carbocycles. The Bertz CT molecular complexity index is 527. The standard InChI is InChI=1S/C19H28O3/c1-18-7-5-12(20)9-11(18)3-4-13-14(18)6-8-19(2)15(13)10-16(21)17(19)22/h11,13-16,21H,3-10H2,1-2H3/t11-,13+,14-,15-,16+,18-,19-/m0/s1. The second kappa shape index (κ2) is 4.66. The number of rotatable bonds is 0. The van der Waals surface area contributed by atoms with Gasteiger partial charge in [0, 0.05) is 18.3 Å². The molecule has 7 atom stereocenters. The van der Waals surface area contributed by atoms with Crippen molar-refractivity contribution < 1.29 is 14.7 Å². The zero-order valence-electron chi connectivity index (χ0n) is 13.8. The summed E-state index contributed by atoms with van der Waals surface area (Å²) in [5.74, 6) is 2.70. The summed E-state index contributed by atoms with van der Waals surface area (Å²) >= 11 is 0. The SMILES string of the molecule is C[C@]12CCC(=O)C[C@@H]1CC[C@@H]1[C@@H]2CC[C@]2(C)C(=O)[C@H](O)C[C@@H]12. The van der Waals surface area contributed by atoms with Gasteiger partial charge < -0.3 is 5.11 Å². The number of Topliss-reactive ketones (excluding diaryl/α,β-unsaturated/α-hetero) is 2. The first-order valence-electron chi connectivity index (χ1n) is 9.10. The summed E-state index contributed by atoms with van der Waals surface area (Å²) in [5, 5.41) is 10.1. The highest BCUT2D eigenvalue weighted by Gasteiger charge is 2.62. The van der Waals surface area contributed by atoms with Gasteiger partial charge in [-0.25, -0.2) is 0 Å².